The lowest BCUT2D eigenvalue weighted by Gasteiger charge is -2.11. The van der Waals surface area contributed by atoms with Crippen LogP contribution < -0.4 is 0 Å². The van der Waals surface area contributed by atoms with E-state index in [0.29, 0.717) is 4.83 Å². The molecule has 1 rings (SSSR count). The van der Waals surface area contributed by atoms with Crippen molar-refractivity contribution in [3.63, 3.8) is 0 Å². The van der Waals surface area contributed by atoms with Crippen molar-refractivity contribution in [3.05, 3.63) is 22.4 Å². The molecule has 0 spiro atoms. The lowest BCUT2D eigenvalue weighted by molar-refractivity contribution is 0.544. The predicted octanol–water partition coefficient (Wildman–Crippen LogP) is 4.88. The topological polar surface area (TPSA) is 0 Å². The Hall–Kier alpha value is 0.180. The van der Waals surface area contributed by atoms with Crippen LogP contribution in [0.3, 0.4) is 0 Å². The first-order valence-corrected chi connectivity index (χ1v) is 7.19. The Morgan fingerprint density at radius 2 is 2.21 bits per heavy atom. The fourth-order valence-corrected chi connectivity index (χ4v) is 3.37. The number of aryl methyl sites for hydroxylation is 1. The third-order valence-electron chi connectivity index (χ3n) is 2.29. The second-order valence-corrected chi connectivity index (χ2v) is 6.33. The van der Waals surface area contributed by atoms with E-state index in [4.69, 9.17) is 0 Å². The highest BCUT2D eigenvalue weighted by Crippen LogP contribution is 2.19. The molecule has 0 nitrogen and oxygen atoms in total. The van der Waals surface area contributed by atoms with Gasteiger partial charge in [0, 0.05) is 4.83 Å². The molecule has 2 heteroatoms. The van der Waals surface area contributed by atoms with Crippen molar-refractivity contribution in [3.8, 4) is 0 Å². The van der Waals surface area contributed by atoms with E-state index in [1.807, 2.05) is 0 Å². The number of rotatable bonds is 6. The first kappa shape index (κ1) is 12.3. The van der Waals surface area contributed by atoms with Crippen LogP contribution >= 0.6 is 27.3 Å². The Labute approximate surface area is 99.9 Å². The molecule has 80 valence electrons. The molecule has 0 aliphatic carbocycles. The smallest absolute Gasteiger partial charge is 0.0148 e. The quantitative estimate of drug-likeness (QED) is 0.649. The number of hydrogen-bond acceptors (Lipinski definition) is 1. The Morgan fingerprint density at radius 1 is 1.43 bits per heavy atom. The SMILES string of the molecule is CC(C)CC(Br)CCCc1ccsc1. The zero-order chi connectivity index (χ0) is 10.4. The molecule has 0 N–H and O–H groups in total. The summed E-state index contributed by atoms with van der Waals surface area (Å²) in [5, 5.41) is 4.42. The van der Waals surface area contributed by atoms with Gasteiger partial charge in [0.05, 0.1) is 0 Å². The molecule has 0 fully saturated rings. The molecule has 0 aromatic carbocycles. The van der Waals surface area contributed by atoms with Crippen molar-refractivity contribution >= 4 is 27.3 Å². The monoisotopic (exact) mass is 274 g/mol. The van der Waals surface area contributed by atoms with Crippen molar-refractivity contribution in [2.24, 2.45) is 5.92 Å². The second kappa shape index (κ2) is 6.62. The van der Waals surface area contributed by atoms with Crippen molar-refractivity contribution in [1.29, 1.82) is 0 Å². The molecular formula is C12H19BrS. The molecule has 1 aromatic rings. The third-order valence-corrected chi connectivity index (χ3v) is 3.85. The van der Waals surface area contributed by atoms with Crippen molar-refractivity contribution in [2.75, 3.05) is 0 Å². The summed E-state index contributed by atoms with van der Waals surface area (Å²) >= 11 is 5.54. The van der Waals surface area contributed by atoms with E-state index in [9.17, 15) is 0 Å². The lowest BCUT2D eigenvalue weighted by Crippen LogP contribution is -2.03. The van der Waals surface area contributed by atoms with Crippen LogP contribution in [0.4, 0.5) is 0 Å². The van der Waals surface area contributed by atoms with Gasteiger partial charge in [0.15, 0.2) is 0 Å². The van der Waals surface area contributed by atoms with E-state index >= 15 is 0 Å². The van der Waals surface area contributed by atoms with E-state index in [-0.39, 0.29) is 0 Å². The summed E-state index contributed by atoms with van der Waals surface area (Å²) in [6.45, 7) is 4.57. The van der Waals surface area contributed by atoms with Crippen LogP contribution in [0, 0.1) is 5.92 Å². The maximum absolute atomic E-state index is 3.75. The molecular weight excluding hydrogens is 256 g/mol. The average Bonchev–Trinajstić information content (AvgIpc) is 2.55. The molecule has 1 unspecified atom stereocenters. The highest BCUT2D eigenvalue weighted by atomic mass is 79.9. The summed E-state index contributed by atoms with van der Waals surface area (Å²) in [6, 6.07) is 2.23. The van der Waals surface area contributed by atoms with E-state index < -0.39 is 0 Å². The van der Waals surface area contributed by atoms with Crippen LogP contribution in [-0.4, -0.2) is 4.83 Å². The van der Waals surface area contributed by atoms with Gasteiger partial charge in [0.1, 0.15) is 0 Å². The largest absolute Gasteiger partial charge is 0.152 e. The summed E-state index contributed by atoms with van der Waals surface area (Å²) in [5.74, 6) is 0.806. The molecule has 0 aliphatic heterocycles. The fourth-order valence-electron chi connectivity index (χ4n) is 1.59. The molecule has 0 radical (unpaired) electrons. The van der Waals surface area contributed by atoms with Gasteiger partial charge in [-0.3, -0.25) is 0 Å². The van der Waals surface area contributed by atoms with Gasteiger partial charge in [-0.2, -0.15) is 11.3 Å². The second-order valence-electron chi connectivity index (χ2n) is 4.25. The summed E-state index contributed by atoms with van der Waals surface area (Å²) in [7, 11) is 0. The van der Waals surface area contributed by atoms with Crippen LogP contribution in [-0.2, 0) is 6.42 Å². The highest BCUT2D eigenvalue weighted by molar-refractivity contribution is 9.09. The van der Waals surface area contributed by atoms with E-state index in [2.05, 4.69) is 46.6 Å². The molecule has 0 amide bonds. The van der Waals surface area contributed by atoms with Crippen LogP contribution in [0.1, 0.15) is 38.7 Å². The zero-order valence-corrected chi connectivity index (χ0v) is 11.4. The van der Waals surface area contributed by atoms with Gasteiger partial charge in [-0.1, -0.05) is 29.8 Å². The van der Waals surface area contributed by atoms with Gasteiger partial charge >= 0.3 is 0 Å². The Bertz CT molecular complexity index is 228. The van der Waals surface area contributed by atoms with Gasteiger partial charge in [0.2, 0.25) is 0 Å². The summed E-state index contributed by atoms with van der Waals surface area (Å²) < 4.78 is 0. The van der Waals surface area contributed by atoms with Crippen LogP contribution in [0.2, 0.25) is 0 Å². The maximum atomic E-state index is 3.75. The Balaban J connectivity index is 2.09. The molecule has 1 atom stereocenters. The molecule has 0 saturated carbocycles. The Kier molecular flexibility index (Phi) is 5.80. The average molecular weight is 275 g/mol. The van der Waals surface area contributed by atoms with Crippen molar-refractivity contribution in [1.82, 2.24) is 0 Å². The molecule has 0 aliphatic rings. The first-order chi connectivity index (χ1) is 6.68. The minimum atomic E-state index is 0.709. The summed E-state index contributed by atoms with van der Waals surface area (Å²) in [4.78, 5) is 0.709. The standard InChI is InChI=1S/C12H19BrS/c1-10(2)8-12(13)5-3-4-11-6-7-14-9-11/h6-7,9-10,12H,3-5,8H2,1-2H3. The van der Waals surface area contributed by atoms with Crippen molar-refractivity contribution < 1.29 is 0 Å². The normalized spacial score (nSPS) is 13.4. The van der Waals surface area contributed by atoms with Crippen LogP contribution in [0.15, 0.2) is 16.8 Å². The molecule has 1 aromatic heterocycles. The highest BCUT2D eigenvalue weighted by Gasteiger charge is 2.06. The zero-order valence-electron chi connectivity index (χ0n) is 9.00. The summed E-state index contributed by atoms with van der Waals surface area (Å²) in [6.07, 6.45) is 5.14. The fraction of sp³-hybridized carbons (Fsp3) is 0.667. The molecule has 0 bridgehead atoms. The number of hydrogen-bond donors (Lipinski definition) is 0. The van der Waals surface area contributed by atoms with Gasteiger partial charge < -0.3 is 0 Å². The third kappa shape index (κ3) is 5.16. The lowest BCUT2D eigenvalue weighted by atomic mass is 10.0. The Morgan fingerprint density at radius 3 is 2.79 bits per heavy atom. The van der Waals surface area contributed by atoms with E-state index in [1.165, 1.54) is 31.2 Å². The van der Waals surface area contributed by atoms with E-state index in [1.54, 1.807) is 11.3 Å². The maximum Gasteiger partial charge on any atom is 0.0148 e. The van der Waals surface area contributed by atoms with Gasteiger partial charge in [0.25, 0.3) is 0 Å². The van der Waals surface area contributed by atoms with E-state index in [0.717, 1.165) is 5.92 Å². The van der Waals surface area contributed by atoms with Gasteiger partial charge in [-0.25, -0.2) is 0 Å². The number of halogens is 1. The summed E-state index contributed by atoms with van der Waals surface area (Å²) in [5.41, 5.74) is 1.50. The first-order valence-electron chi connectivity index (χ1n) is 5.33. The minimum absolute atomic E-state index is 0.709. The molecule has 1 heterocycles. The van der Waals surface area contributed by atoms with Crippen LogP contribution in [0.5, 0.6) is 0 Å². The van der Waals surface area contributed by atoms with Gasteiger partial charge in [-0.05, 0) is 54.0 Å². The minimum Gasteiger partial charge on any atom is -0.152 e. The number of thiophene rings is 1. The number of alkyl halides is 1. The van der Waals surface area contributed by atoms with Crippen molar-refractivity contribution in [2.45, 2.75) is 44.4 Å². The molecule has 14 heavy (non-hydrogen) atoms. The molecule has 0 saturated heterocycles. The van der Waals surface area contributed by atoms with Crippen LogP contribution in [0.25, 0.3) is 0 Å². The van der Waals surface area contributed by atoms with Gasteiger partial charge in [-0.15, -0.1) is 0 Å². The predicted molar refractivity (Wildman–Crippen MR) is 69.4 cm³/mol.